The number of nitrogens with one attached hydrogen (secondary N) is 1. The highest BCUT2D eigenvalue weighted by Gasteiger charge is 2.35. The number of hydrogen-bond acceptors (Lipinski definition) is 4. The van der Waals surface area contributed by atoms with Gasteiger partial charge in [0.15, 0.2) is 0 Å². The van der Waals surface area contributed by atoms with Crippen LogP contribution >= 0.6 is 0 Å². The third-order valence-corrected chi connectivity index (χ3v) is 6.68. The van der Waals surface area contributed by atoms with Crippen molar-refractivity contribution >= 4 is 21.6 Å². The molecule has 0 spiro atoms. The van der Waals surface area contributed by atoms with Crippen LogP contribution in [0.5, 0.6) is 0 Å². The van der Waals surface area contributed by atoms with E-state index in [0.717, 1.165) is 17.5 Å². The lowest BCUT2D eigenvalue weighted by Crippen LogP contribution is -2.42. The number of anilines is 1. The highest BCUT2D eigenvalue weighted by molar-refractivity contribution is 7.93. The van der Waals surface area contributed by atoms with Crippen molar-refractivity contribution in [1.82, 2.24) is 5.32 Å². The molecule has 0 unspecified atom stereocenters. The minimum atomic E-state index is -3.81. The molecule has 3 rings (SSSR count). The van der Waals surface area contributed by atoms with Gasteiger partial charge in [0.2, 0.25) is 5.91 Å². The Bertz CT molecular complexity index is 986. The molecule has 0 saturated heterocycles. The van der Waals surface area contributed by atoms with Gasteiger partial charge in [-0.05, 0) is 50.5 Å². The van der Waals surface area contributed by atoms with Gasteiger partial charge in [-0.3, -0.25) is 9.10 Å². The van der Waals surface area contributed by atoms with Crippen LogP contribution in [0.15, 0.2) is 47.4 Å². The van der Waals surface area contributed by atoms with E-state index in [9.17, 15) is 13.2 Å². The summed E-state index contributed by atoms with van der Waals surface area (Å²) in [6, 6.07) is 12.7. The van der Waals surface area contributed by atoms with Gasteiger partial charge in [0.05, 0.1) is 16.7 Å². The van der Waals surface area contributed by atoms with Gasteiger partial charge in [0, 0.05) is 24.3 Å². The Morgan fingerprint density at radius 3 is 2.62 bits per heavy atom. The average Bonchev–Trinajstić information content (AvgIpc) is 2.70. The number of carbonyl (C=O) groups is 1. The molecule has 0 atom stereocenters. The molecular formula is C22H28N2O4S. The predicted molar refractivity (Wildman–Crippen MR) is 115 cm³/mol. The molecule has 0 fully saturated rings. The average molecular weight is 417 g/mol. The number of hydrogen-bond donors (Lipinski definition) is 1. The van der Waals surface area contributed by atoms with E-state index in [1.54, 1.807) is 18.2 Å². The lowest BCUT2D eigenvalue weighted by atomic mass is 9.99. The predicted octanol–water partition coefficient (Wildman–Crippen LogP) is 3.36. The molecule has 0 bridgehead atoms. The molecule has 0 radical (unpaired) electrons. The second-order valence-electron chi connectivity index (χ2n) is 7.34. The van der Waals surface area contributed by atoms with Gasteiger partial charge in [0.25, 0.3) is 10.0 Å². The molecule has 1 aliphatic rings. The highest BCUT2D eigenvalue weighted by atomic mass is 32.2. The molecule has 0 aliphatic carbocycles. The van der Waals surface area contributed by atoms with Gasteiger partial charge < -0.3 is 10.1 Å². The van der Waals surface area contributed by atoms with Gasteiger partial charge in [-0.2, -0.15) is 0 Å². The summed E-state index contributed by atoms with van der Waals surface area (Å²) in [4.78, 5) is 12.7. The number of carbonyl (C=O) groups excluding carboxylic acids is 1. The van der Waals surface area contributed by atoms with Crippen LogP contribution < -0.4 is 9.62 Å². The summed E-state index contributed by atoms with van der Waals surface area (Å²) < 4.78 is 33.1. The van der Waals surface area contributed by atoms with E-state index in [1.165, 1.54) is 4.31 Å². The van der Waals surface area contributed by atoms with E-state index in [1.807, 2.05) is 38.1 Å². The van der Waals surface area contributed by atoms with Gasteiger partial charge >= 0.3 is 0 Å². The monoisotopic (exact) mass is 416 g/mol. The van der Waals surface area contributed by atoms with Crippen LogP contribution in [0.3, 0.4) is 0 Å². The molecule has 29 heavy (non-hydrogen) atoms. The zero-order valence-corrected chi connectivity index (χ0v) is 18.0. The zero-order chi connectivity index (χ0) is 21.0. The third kappa shape index (κ3) is 4.62. The van der Waals surface area contributed by atoms with Crippen molar-refractivity contribution in [2.45, 2.75) is 44.6 Å². The van der Waals surface area contributed by atoms with Crippen LogP contribution in [0.25, 0.3) is 11.1 Å². The maximum absolute atomic E-state index is 13.2. The van der Waals surface area contributed by atoms with Crippen LogP contribution in [0, 0.1) is 0 Å². The molecule has 0 saturated carbocycles. The Morgan fingerprint density at radius 1 is 1.14 bits per heavy atom. The zero-order valence-electron chi connectivity index (χ0n) is 17.1. The van der Waals surface area contributed by atoms with E-state index < -0.39 is 10.0 Å². The molecule has 6 nitrogen and oxygen atoms in total. The molecule has 7 heteroatoms. The van der Waals surface area contributed by atoms with Crippen LogP contribution in [-0.4, -0.2) is 40.1 Å². The summed E-state index contributed by atoms with van der Waals surface area (Å²) in [6.45, 7) is 6.72. The molecule has 2 aromatic carbocycles. The Morgan fingerprint density at radius 2 is 1.90 bits per heavy atom. The molecule has 1 heterocycles. The molecule has 1 N–H and O–H groups in total. The lowest BCUT2D eigenvalue weighted by molar-refractivity contribution is -0.119. The summed E-state index contributed by atoms with van der Waals surface area (Å²) in [5, 5.41) is 2.79. The number of fused-ring (bicyclic) bond motifs is 3. The lowest BCUT2D eigenvalue weighted by Gasteiger charge is -2.32. The Hall–Kier alpha value is -2.38. The van der Waals surface area contributed by atoms with Crippen molar-refractivity contribution in [3.8, 4) is 11.1 Å². The second kappa shape index (κ2) is 8.97. The smallest absolute Gasteiger partial charge is 0.265 e. The number of benzene rings is 2. The first-order valence-corrected chi connectivity index (χ1v) is 11.4. The van der Waals surface area contributed by atoms with E-state index in [0.29, 0.717) is 30.8 Å². The largest absolute Gasteiger partial charge is 0.379 e. The number of ether oxygens (including phenoxy) is 1. The third-order valence-electron chi connectivity index (χ3n) is 4.86. The van der Waals surface area contributed by atoms with Gasteiger partial charge in [-0.15, -0.1) is 0 Å². The summed E-state index contributed by atoms with van der Waals surface area (Å²) in [5.74, 6) is -0.331. The SMILES string of the molecule is CCc1ccc2c(c1)-c1ccccc1S(=O)(=O)N2CC(=O)NCCCOC(C)C. The minimum Gasteiger partial charge on any atom is -0.379 e. The summed E-state index contributed by atoms with van der Waals surface area (Å²) in [5.41, 5.74) is 3.18. The first-order chi connectivity index (χ1) is 13.8. The van der Waals surface area contributed by atoms with Crippen molar-refractivity contribution in [3.05, 3.63) is 48.0 Å². The van der Waals surface area contributed by atoms with Crippen molar-refractivity contribution in [3.63, 3.8) is 0 Å². The Balaban J connectivity index is 1.83. The van der Waals surface area contributed by atoms with Crippen molar-refractivity contribution in [2.24, 2.45) is 0 Å². The Kier molecular flexibility index (Phi) is 6.59. The van der Waals surface area contributed by atoms with Crippen LogP contribution in [0.2, 0.25) is 0 Å². The quantitative estimate of drug-likeness (QED) is 0.670. The molecular weight excluding hydrogens is 388 g/mol. The molecule has 0 aromatic heterocycles. The normalized spacial score (nSPS) is 14.4. The van der Waals surface area contributed by atoms with Gasteiger partial charge in [-0.1, -0.05) is 31.2 Å². The van der Waals surface area contributed by atoms with E-state index in [2.05, 4.69) is 12.2 Å². The van der Waals surface area contributed by atoms with Crippen molar-refractivity contribution < 1.29 is 17.9 Å². The molecule has 156 valence electrons. The standard InChI is InChI=1S/C22H28N2O4S/c1-4-17-10-11-20-19(14-17)18-8-5-6-9-21(18)29(26,27)24(20)15-22(25)23-12-7-13-28-16(2)3/h5-6,8-11,14,16H,4,7,12-13,15H2,1-3H3,(H,23,25). The second-order valence-corrected chi connectivity index (χ2v) is 9.17. The summed E-state index contributed by atoms with van der Waals surface area (Å²) in [6.07, 6.45) is 1.67. The number of amides is 1. The topological polar surface area (TPSA) is 75.7 Å². The van der Waals surface area contributed by atoms with E-state index in [-0.39, 0.29) is 23.5 Å². The van der Waals surface area contributed by atoms with Crippen LogP contribution in [-0.2, 0) is 26.0 Å². The minimum absolute atomic E-state index is 0.147. The van der Waals surface area contributed by atoms with E-state index in [4.69, 9.17) is 4.74 Å². The maximum Gasteiger partial charge on any atom is 0.265 e. The molecule has 2 aromatic rings. The number of sulfonamides is 1. The Labute approximate surface area is 172 Å². The van der Waals surface area contributed by atoms with Crippen LogP contribution in [0.1, 0.15) is 32.8 Å². The molecule has 1 aliphatic heterocycles. The van der Waals surface area contributed by atoms with Crippen molar-refractivity contribution in [2.75, 3.05) is 24.0 Å². The van der Waals surface area contributed by atoms with Crippen molar-refractivity contribution in [1.29, 1.82) is 0 Å². The molecule has 1 amide bonds. The van der Waals surface area contributed by atoms with Gasteiger partial charge in [0.1, 0.15) is 6.54 Å². The number of aryl methyl sites for hydroxylation is 1. The number of rotatable bonds is 8. The van der Waals surface area contributed by atoms with E-state index >= 15 is 0 Å². The first-order valence-electron chi connectivity index (χ1n) is 9.98. The van der Waals surface area contributed by atoms with Gasteiger partial charge in [-0.25, -0.2) is 8.42 Å². The number of nitrogens with zero attached hydrogens (tertiary/aromatic N) is 1. The fraction of sp³-hybridized carbons (Fsp3) is 0.409. The summed E-state index contributed by atoms with van der Waals surface area (Å²) in [7, 11) is -3.81. The maximum atomic E-state index is 13.2. The fourth-order valence-corrected chi connectivity index (χ4v) is 5.02. The fourth-order valence-electron chi connectivity index (χ4n) is 3.37. The highest BCUT2D eigenvalue weighted by Crippen LogP contribution is 2.43. The first kappa shape index (κ1) is 21.3. The summed E-state index contributed by atoms with van der Waals surface area (Å²) >= 11 is 0. The van der Waals surface area contributed by atoms with Crippen LogP contribution in [0.4, 0.5) is 5.69 Å².